The summed E-state index contributed by atoms with van der Waals surface area (Å²) in [7, 11) is 1.67. The number of hydrogen-bond donors (Lipinski definition) is 4. The lowest BCUT2D eigenvalue weighted by atomic mass is 9.88. The van der Waals surface area contributed by atoms with Crippen LogP contribution in [0.5, 0.6) is 0 Å². The van der Waals surface area contributed by atoms with Gasteiger partial charge in [-0.2, -0.15) is 9.61 Å². The summed E-state index contributed by atoms with van der Waals surface area (Å²) in [5.41, 5.74) is 0.0994. The highest BCUT2D eigenvalue weighted by Gasteiger charge is 2.46. The minimum Gasteiger partial charge on any atom is -0.388 e. The van der Waals surface area contributed by atoms with Crippen LogP contribution in [-0.4, -0.2) is 68.5 Å². The van der Waals surface area contributed by atoms with Crippen molar-refractivity contribution in [2.75, 3.05) is 30.9 Å². The van der Waals surface area contributed by atoms with Gasteiger partial charge in [0.1, 0.15) is 22.9 Å². The summed E-state index contributed by atoms with van der Waals surface area (Å²) >= 11 is 0. The third-order valence-electron chi connectivity index (χ3n) is 6.04. The van der Waals surface area contributed by atoms with E-state index in [1.165, 1.54) is 27.5 Å². The first-order valence-electron chi connectivity index (χ1n) is 10.7. The summed E-state index contributed by atoms with van der Waals surface area (Å²) in [4.78, 5) is 30.2. The monoisotopic (exact) mass is 475 g/mol. The summed E-state index contributed by atoms with van der Waals surface area (Å²) in [5.74, 6) is -2.49. The van der Waals surface area contributed by atoms with Crippen LogP contribution < -0.4 is 21.5 Å². The molecule has 1 aliphatic heterocycles. The van der Waals surface area contributed by atoms with Gasteiger partial charge < -0.3 is 30.4 Å². The highest BCUT2D eigenvalue weighted by atomic mass is 19.3. The Bertz CT molecular complexity index is 1300. The van der Waals surface area contributed by atoms with Gasteiger partial charge >= 0.3 is 0 Å². The number of anilines is 3. The van der Waals surface area contributed by atoms with Crippen LogP contribution in [0, 0.1) is 0 Å². The summed E-state index contributed by atoms with van der Waals surface area (Å²) in [6.07, 6.45) is 1.29. The molecule has 1 saturated carbocycles. The maximum absolute atomic E-state index is 13.3. The van der Waals surface area contributed by atoms with Crippen molar-refractivity contribution in [3.8, 4) is 0 Å². The van der Waals surface area contributed by atoms with E-state index < -0.39 is 35.6 Å². The fourth-order valence-corrected chi connectivity index (χ4v) is 4.15. The Morgan fingerprint density at radius 3 is 2.79 bits per heavy atom. The van der Waals surface area contributed by atoms with E-state index in [9.17, 15) is 23.5 Å². The van der Waals surface area contributed by atoms with Gasteiger partial charge in [-0.05, 0) is 12.1 Å². The zero-order valence-corrected chi connectivity index (χ0v) is 18.2. The topological polar surface area (TPSA) is 135 Å². The Kier molecular flexibility index (Phi) is 5.44. The number of aliphatic hydroxyl groups is 1. The third kappa shape index (κ3) is 3.96. The summed E-state index contributed by atoms with van der Waals surface area (Å²) in [6, 6.07) is 3.63. The second-order valence-electron chi connectivity index (χ2n) is 8.43. The molecule has 3 aromatic heterocycles. The molecule has 0 bridgehead atoms. The number of nitrogens with zero attached hydrogens (tertiary/aromatic N) is 4. The lowest BCUT2D eigenvalue weighted by Crippen LogP contribution is -2.42. The number of pyridine rings is 1. The van der Waals surface area contributed by atoms with Crippen molar-refractivity contribution in [2.24, 2.45) is 0 Å². The van der Waals surface area contributed by atoms with Crippen LogP contribution >= 0.6 is 0 Å². The van der Waals surface area contributed by atoms with Gasteiger partial charge in [0.25, 0.3) is 17.4 Å². The SMILES string of the molecule is CNc1cc(Nc2cccn(C3CC(F)(F)C3)c2=O)nc2c(C(=O)NC3COC[C@@H]3O)cnn12. The van der Waals surface area contributed by atoms with Crippen molar-refractivity contribution in [3.63, 3.8) is 0 Å². The first-order chi connectivity index (χ1) is 16.3. The number of aromatic nitrogens is 4. The van der Waals surface area contributed by atoms with Crippen molar-refractivity contribution >= 4 is 28.9 Å². The third-order valence-corrected chi connectivity index (χ3v) is 6.04. The number of ether oxygens (including phenoxy) is 1. The number of rotatable bonds is 6. The van der Waals surface area contributed by atoms with Crippen LogP contribution in [0.4, 0.5) is 26.1 Å². The predicted molar refractivity (Wildman–Crippen MR) is 118 cm³/mol. The van der Waals surface area contributed by atoms with Gasteiger partial charge in [-0.15, -0.1) is 0 Å². The highest BCUT2D eigenvalue weighted by Crippen LogP contribution is 2.44. The first kappa shape index (κ1) is 22.2. The van der Waals surface area contributed by atoms with Crippen molar-refractivity contribution in [2.45, 2.75) is 37.0 Å². The molecule has 4 heterocycles. The molecule has 11 nitrogen and oxygen atoms in total. The predicted octanol–water partition coefficient (Wildman–Crippen LogP) is 1.14. The maximum Gasteiger partial charge on any atom is 0.274 e. The zero-order valence-electron chi connectivity index (χ0n) is 18.2. The second-order valence-corrected chi connectivity index (χ2v) is 8.43. The molecule has 2 aliphatic rings. The van der Waals surface area contributed by atoms with Crippen LogP contribution in [0.3, 0.4) is 0 Å². The van der Waals surface area contributed by atoms with Gasteiger partial charge in [0.2, 0.25) is 0 Å². The normalized spacial score (nSPS) is 21.9. The first-order valence-corrected chi connectivity index (χ1v) is 10.7. The molecule has 5 rings (SSSR count). The van der Waals surface area contributed by atoms with Gasteiger partial charge in [-0.3, -0.25) is 9.59 Å². The van der Waals surface area contributed by atoms with E-state index in [0.29, 0.717) is 5.82 Å². The van der Waals surface area contributed by atoms with E-state index >= 15 is 0 Å². The van der Waals surface area contributed by atoms with E-state index in [1.54, 1.807) is 19.2 Å². The molecule has 3 aromatic rings. The average molecular weight is 475 g/mol. The van der Waals surface area contributed by atoms with Gasteiger partial charge in [0.15, 0.2) is 5.65 Å². The standard InChI is InChI=1S/C21H23F2N7O4/c1-24-17-5-16(26-13-3-2-4-29(20(13)33)11-6-21(22,23)7-11)28-18-12(8-25-30(17)18)19(32)27-14-9-34-10-15(14)31/h2-5,8,11,14-15,24,31H,6-7,9-10H2,1H3,(H,26,28)(H,27,32)/t14?,15-/m0/s1. The average Bonchev–Trinajstić information content (AvgIpc) is 3.39. The summed E-state index contributed by atoms with van der Waals surface area (Å²) in [6.45, 7) is 0.338. The Labute approximate surface area is 191 Å². The van der Waals surface area contributed by atoms with E-state index in [-0.39, 0.29) is 48.8 Å². The van der Waals surface area contributed by atoms with Gasteiger partial charge in [-0.25, -0.2) is 13.8 Å². The molecule has 180 valence electrons. The molecule has 0 radical (unpaired) electrons. The van der Waals surface area contributed by atoms with Crippen molar-refractivity contribution in [1.82, 2.24) is 24.5 Å². The van der Waals surface area contributed by atoms with Crippen molar-refractivity contribution in [1.29, 1.82) is 0 Å². The van der Waals surface area contributed by atoms with Crippen LogP contribution in [0.25, 0.3) is 5.65 Å². The minimum absolute atomic E-state index is 0.142. The molecule has 0 aromatic carbocycles. The molecular weight excluding hydrogens is 452 g/mol. The lowest BCUT2D eigenvalue weighted by Gasteiger charge is -2.36. The molecule has 2 fully saturated rings. The number of aliphatic hydroxyl groups excluding tert-OH is 1. The van der Waals surface area contributed by atoms with Gasteiger partial charge in [0.05, 0.1) is 31.6 Å². The number of halogens is 2. The lowest BCUT2D eigenvalue weighted by molar-refractivity contribution is -0.104. The Morgan fingerprint density at radius 2 is 2.12 bits per heavy atom. The Hall–Kier alpha value is -3.58. The fourth-order valence-electron chi connectivity index (χ4n) is 4.15. The largest absolute Gasteiger partial charge is 0.388 e. The van der Waals surface area contributed by atoms with Crippen LogP contribution in [0.15, 0.2) is 35.4 Å². The van der Waals surface area contributed by atoms with E-state index in [4.69, 9.17) is 4.74 Å². The number of amides is 1. The molecule has 0 spiro atoms. The zero-order chi connectivity index (χ0) is 24.0. The number of nitrogens with one attached hydrogen (secondary N) is 3. The Morgan fingerprint density at radius 1 is 1.32 bits per heavy atom. The molecule has 1 amide bonds. The molecule has 34 heavy (non-hydrogen) atoms. The summed E-state index contributed by atoms with van der Waals surface area (Å²) < 4.78 is 34.5. The Balaban J connectivity index is 1.45. The highest BCUT2D eigenvalue weighted by molar-refractivity contribution is 6.00. The van der Waals surface area contributed by atoms with Crippen LogP contribution in [0.1, 0.15) is 29.2 Å². The molecule has 13 heteroatoms. The number of alkyl halides is 2. The van der Waals surface area contributed by atoms with Crippen molar-refractivity contribution in [3.05, 3.63) is 46.5 Å². The van der Waals surface area contributed by atoms with Crippen molar-refractivity contribution < 1.29 is 23.4 Å². The molecule has 1 aliphatic carbocycles. The number of carbonyl (C=O) groups is 1. The fraction of sp³-hybridized carbons (Fsp3) is 0.429. The maximum atomic E-state index is 13.3. The minimum atomic E-state index is -2.75. The molecular formula is C21H23F2N7O4. The number of fused-ring (bicyclic) bond motifs is 1. The smallest absolute Gasteiger partial charge is 0.274 e. The van der Waals surface area contributed by atoms with E-state index in [0.717, 1.165) is 0 Å². The second kappa shape index (κ2) is 8.33. The van der Waals surface area contributed by atoms with E-state index in [2.05, 4.69) is 26.0 Å². The summed E-state index contributed by atoms with van der Waals surface area (Å²) in [5, 5.41) is 22.7. The van der Waals surface area contributed by atoms with Gasteiger partial charge in [0, 0.05) is 38.2 Å². The van der Waals surface area contributed by atoms with E-state index in [1.807, 2.05) is 0 Å². The number of hydrogen-bond acceptors (Lipinski definition) is 8. The molecule has 4 N–H and O–H groups in total. The number of carbonyl (C=O) groups excluding carboxylic acids is 1. The van der Waals surface area contributed by atoms with Crippen LogP contribution in [0.2, 0.25) is 0 Å². The quantitative estimate of drug-likeness (QED) is 0.417. The molecule has 1 saturated heterocycles. The van der Waals surface area contributed by atoms with Crippen LogP contribution in [-0.2, 0) is 4.74 Å². The van der Waals surface area contributed by atoms with Gasteiger partial charge in [-0.1, -0.05) is 0 Å². The molecule has 1 unspecified atom stereocenters. The molecule has 2 atom stereocenters.